The van der Waals surface area contributed by atoms with Gasteiger partial charge in [0, 0.05) is 5.56 Å². The number of nitrogens with two attached hydrogens (primary N) is 1. The molecule has 1 unspecified atom stereocenters. The molecule has 25 heavy (non-hydrogen) atoms. The quantitative estimate of drug-likeness (QED) is 0.518. The lowest BCUT2D eigenvalue weighted by Gasteiger charge is -2.24. The average molecular weight is 339 g/mol. The van der Waals surface area contributed by atoms with E-state index in [1.807, 2.05) is 31.2 Å². The molecule has 0 fully saturated rings. The Labute approximate surface area is 151 Å². The number of ether oxygens (including phenoxy) is 1. The van der Waals surface area contributed by atoms with Crippen LogP contribution < -0.4 is 10.5 Å². The minimum atomic E-state index is -0.514. The number of benzene rings is 2. The maximum Gasteiger partial charge on any atom is 0.203 e. The van der Waals surface area contributed by atoms with E-state index in [1.54, 1.807) is 12.1 Å². The smallest absolute Gasteiger partial charge is 0.203 e. The third-order valence-electron chi connectivity index (χ3n) is 4.87. The standard InChI is InChI=1S/C22H29NO2/c1-5-9-20(25-19-11-8-7-10-18(19)23)21(24)16-12-14-17(15-13-16)22(3,4)6-2/h7-8,10-15,20H,5-6,9,23H2,1-4H3. The van der Waals surface area contributed by atoms with Crippen molar-refractivity contribution in [3.63, 3.8) is 0 Å². The number of para-hydroxylation sites is 2. The normalized spacial score (nSPS) is 12.6. The van der Waals surface area contributed by atoms with Gasteiger partial charge >= 0.3 is 0 Å². The van der Waals surface area contributed by atoms with Gasteiger partial charge in [-0.25, -0.2) is 0 Å². The van der Waals surface area contributed by atoms with Crippen LogP contribution in [-0.2, 0) is 5.41 Å². The van der Waals surface area contributed by atoms with Crippen LogP contribution in [0.3, 0.4) is 0 Å². The van der Waals surface area contributed by atoms with Gasteiger partial charge in [0.1, 0.15) is 5.75 Å². The van der Waals surface area contributed by atoms with E-state index in [1.165, 1.54) is 5.56 Å². The Morgan fingerprint density at radius 2 is 1.72 bits per heavy atom. The summed E-state index contributed by atoms with van der Waals surface area (Å²) in [5.41, 5.74) is 8.54. The molecular formula is C22H29NO2. The number of anilines is 1. The highest BCUT2D eigenvalue weighted by atomic mass is 16.5. The Morgan fingerprint density at radius 3 is 2.28 bits per heavy atom. The van der Waals surface area contributed by atoms with Crippen molar-refractivity contribution >= 4 is 11.5 Å². The summed E-state index contributed by atoms with van der Waals surface area (Å²) < 4.78 is 5.95. The van der Waals surface area contributed by atoms with E-state index in [2.05, 4.69) is 32.9 Å². The van der Waals surface area contributed by atoms with E-state index >= 15 is 0 Å². The Hall–Kier alpha value is -2.29. The van der Waals surface area contributed by atoms with Gasteiger partial charge in [0.2, 0.25) is 5.78 Å². The van der Waals surface area contributed by atoms with Crippen LogP contribution in [0, 0.1) is 0 Å². The number of ketones is 1. The molecule has 134 valence electrons. The second-order valence-corrected chi connectivity index (χ2v) is 7.11. The Morgan fingerprint density at radius 1 is 1.08 bits per heavy atom. The molecule has 3 heteroatoms. The lowest BCUT2D eigenvalue weighted by molar-refractivity contribution is 0.0778. The number of Topliss-reactive ketones (excluding diaryl/α,β-unsaturated/α-hetero) is 1. The molecule has 0 spiro atoms. The van der Waals surface area contributed by atoms with Gasteiger partial charge in [0.15, 0.2) is 6.10 Å². The molecule has 0 aliphatic rings. The highest BCUT2D eigenvalue weighted by Gasteiger charge is 2.23. The van der Waals surface area contributed by atoms with Crippen molar-refractivity contribution in [2.75, 3.05) is 5.73 Å². The van der Waals surface area contributed by atoms with Crippen molar-refractivity contribution in [3.05, 3.63) is 59.7 Å². The molecule has 2 aromatic carbocycles. The Balaban J connectivity index is 2.21. The Kier molecular flexibility index (Phi) is 6.24. The summed E-state index contributed by atoms with van der Waals surface area (Å²) in [6, 6.07) is 15.2. The first-order chi connectivity index (χ1) is 11.9. The molecule has 0 radical (unpaired) electrons. The highest BCUT2D eigenvalue weighted by molar-refractivity contribution is 5.99. The summed E-state index contributed by atoms with van der Waals surface area (Å²) in [6.07, 6.45) is 2.06. The highest BCUT2D eigenvalue weighted by Crippen LogP contribution is 2.28. The van der Waals surface area contributed by atoms with E-state index in [0.29, 0.717) is 23.4 Å². The lowest BCUT2D eigenvalue weighted by Crippen LogP contribution is -2.28. The van der Waals surface area contributed by atoms with Crippen LogP contribution in [0.25, 0.3) is 0 Å². The minimum Gasteiger partial charge on any atom is -0.480 e. The van der Waals surface area contributed by atoms with Crippen molar-refractivity contribution in [3.8, 4) is 5.75 Å². The number of hydrogen-bond donors (Lipinski definition) is 1. The number of rotatable bonds is 8. The molecule has 0 heterocycles. The van der Waals surface area contributed by atoms with Crippen molar-refractivity contribution in [1.82, 2.24) is 0 Å². The zero-order valence-electron chi connectivity index (χ0n) is 15.7. The van der Waals surface area contributed by atoms with E-state index in [4.69, 9.17) is 10.5 Å². The Bertz CT molecular complexity index is 704. The van der Waals surface area contributed by atoms with E-state index in [0.717, 1.165) is 12.8 Å². The molecule has 0 saturated carbocycles. The molecule has 0 bridgehead atoms. The lowest BCUT2D eigenvalue weighted by atomic mass is 9.82. The van der Waals surface area contributed by atoms with Crippen LogP contribution in [0.1, 0.15) is 62.9 Å². The van der Waals surface area contributed by atoms with E-state index in [9.17, 15) is 4.79 Å². The summed E-state index contributed by atoms with van der Waals surface area (Å²) in [6.45, 7) is 8.65. The van der Waals surface area contributed by atoms with Gasteiger partial charge in [0.05, 0.1) is 5.69 Å². The topological polar surface area (TPSA) is 52.3 Å². The molecule has 0 aliphatic heterocycles. The molecule has 2 rings (SSSR count). The summed E-state index contributed by atoms with van der Waals surface area (Å²) in [7, 11) is 0. The molecule has 0 aromatic heterocycles. The molecule has 3 nitrogen and oxygen atoms in total. The first-order valence-electron chi connectivity index (χ1n) is 9.05. The second-order valence-electron chi connectivity index (χ2n) is 7.11. The third-order valence-corrected chi connectivity index (χ3v) is 4.87. The van der Waals surface area contributed by atoms with Crippen LogP contribution in [0.15, 0.2) is 48.5 Å². The monoisotopic (exact) mass is 339 g/mol. The van der Waals surface area contributed by atoms with Crippen LogP contribution in [0.2, 0.25) is 0 Å². The SMILES string of the molecule is CCCC(Oc1ccccc1N)C(=O)c1ccc(C(C)(C)CC)cc1. The number of carbonyl (C=O) groups is 1. The maximum absolute atomic E-state index is 12.9. The van der Waals surface area contributed by atoms with Crippen LogP contribution >= 0.6 is 0 Å². The summed E-state index contributed by atoms with van der Waals surface area (Å²) in [5, 5.41) is 0. The molecule has 1 atom stereocenters. The summed E-state index contributed by atoms with van der Waals surface area (Å²) >= 11 is 0. The third kappa shape index (κ3) is 4.62. The van der Waals surface area contributed by atoms with Crippen molar-refractivity contribution < 1.29 is 9.53 Å². The molecule has 2 aromatic rings. The minimum absolute atomic E-state index is 0.00552. The molecule has 0 amide bonds. The molecule has 0 aliphatic carbocycles. The van der Waals surface area contributed by atoms with Gasteiger partial charge in [-0.2, -0.15) is 0 Å². The fraction of sp³-hybridized carbons (Fsp3) is 0.409. The van der Waals surface area contributed by atoms with Gasteiger partial charge in [-0.1, -0.05) is 70.5 Å². The van der Waals surface area contributed by atoms with Crippen molar-refractivity contribution in [2.24, 2.45) is 0 Å². The van der Waals surface area contributed by atoms with Crippen LogP contribution in [0.5, 0.6) is 5.75 Å². The van der Waals surface area contributed by atoms with Gasteiger partial charge < -0.3 is 10.5 Å². The predicted molar refractivity (Wildman–Crippen MR) is 104 cm³/mol. The molecule has 2 N–H and O–H groups in total. The number of hydrogen-bond acceptors (Lipinski definition) is 3. The van der Waals surface area contributed by atoms with Crippen LogP contribution in [-0.4, -0.2) is 11.9 Å². The van der Waals surface area contributed by atoms with Gasteiger partial charge in [-0.3, -0.25) is 4.79 Å². The van der Waals surface area contributed by atoms with Crippen molar-refractivity contribution in [2.45, 2.75) is 58.5 Å². The zero-order chi connectivity index (χ0) is 18.4. The van der Waals surface area contributed by atoms with E-state index in [-0.39, 0.29) is 11.2 Å². The number of nitrogen functional groups attached to an aromatic ring is 1. The van der Waals surface area contributed by atoms with Gasteiger partial charge in [-0.05, 0) is 36.0 Å². The molecular weight excluding hydrogens is 310 g/mol. The van der Waals surface area contributed by atoms with Crippen molar-refractivity contribution in [1.29, 1.82) is 0 Å². The first kappa shape index (κ1) is 19.0. The van der Waals surface area contributed by atoms with E-state index < -0.39 is 6.10 Å². The summed E-state index contributed by atoms with van der Waals surface area (Å²) in [4.78, 5) is 12.9. The first-order valence-corrected chi connectivity index (χ1v) is 9.05. The summed E-state index contributed by atoms with van der Waals surface area (Å²) in [5.74, 6) is 0.573. The molecule has 0 saturated heterocycles. The fourth-order valence-corrected chi connectivity index (χ4v) is 2.72. The maximum atomic E-state index is 12.9. The predicted octanol–water partition coefficient (Wildman–Crippen LogP) is 5.39. The zero-order valence-corrected chi connectivity index (χ0v) is 15.7. The fourth-order valence-electron chi connectivity index (χ4n) is 2.72. The van der Waals surface area contributed by atoms with Crippen LogP contribution in [0.4, 0.5) is 5.69 Å². The van der Waals surface area contributed by atoms with Gasteiger partial charge in [-0.15, -0.1) is 0 Å². The number of carbonyl (C=O) groups excluding carboxylic acids is 1. The second kappa shape index (κ2) is 8.19. The van der Waals surface area contributed by atoms with Gasteiger partial charge in [0.25, 0.3) is 0 Å². The largest absolute Gasteiger partial charge is 0.480 e. The average Bonchev–Trinajstić information content (AvgIpc) is 2.62.